The molecular formula is C20H21ClN4O4S. The van der Waals surface area contributed by atoms with Crippen LogP contribution in [0.4, 0.5) is 10.5 Å². The van der Waals surface area contributed by atoms with Crippen LogP contribution in [-0.2, 0) is 14.8 Å². The highest BCUT2D eigenvalue weighted by atomic mass is 35.5. The molecule has 10 heteroatoms. The van der Waals surface area contributed by atoms with Gasteiger partial charge in [0.25, 0.3) is 10.0 Å². The molecule has 2 aliphatic heterocycles. The lowest BCUT2D eigenvalue weighted by atomic mass is 9.86. The average molecular weight is 449 g/mol. The summed E-state index contributed by atoms with van der Waals surface area (Å²) in [6.07, 6.45) is 0.810. The Morgan fingerprint density at radius 3 is 2.30 bits per heavy atom. The number of likely N-dealkylation sites (tertiary alicyclic amines) is 1. The smallest absolute Gasteiger partial charge is 0.331 e. The van der Waals surface area contributed by atoms with E-state index >= 15 is 0 Å². The Hall–Kier alpha value is -2.78. The molecule has 2 aliphatic rings. The van der Waals surface area contributed by atoms with Gasteiger partial charge >= 0.3 is 6.03 Å². The maximum atomic E-state index is 12.7. The number of sulfonamides is 1. The summed E-state index contributed by atoms with van der Waals surface area (Å²) in [5.74, 6) is -0.0693. The zero-order valence-corrected chi connectivity index (χ0v) is 17.6. The minimum atomic E-state index is -4.01. The first kappa shape index (κ1) is 20.5. The van der Waals surface area contributed by atoms with Crippen LogP contribution in [0.15, 0.2) is 59.5 Å². The van der Waals surface area contributed by atoms with Gasteiger partial charge in [-0.25, -0.2) is 17.9 Å². The number of hydrogen-bond donors (Lipinski definition) is 2. The molecule has 30 heavy (non-hydrogen) atoms. The summed E-state index contributed by atoms with van der Waals surface area (Å²) >= 11 is 5.79. The summed E-state index contributed by atoms with van der Waals surface area (Å²) in [5, 5.41) is 3.30. The van der Waals surface area contributed by atoms with Gasteiger partial charge in [-0.2, -0.15) is 0 Å². The molecule has 1 spiro atoms. The summed E-state index contributed by atoms with van der Waals surface area (Å²) in [6, 6.07) is 14.5. The summed E-state index contributed by atoms with van der Waals surface area (Å²) < 4.78 is 27.0. The Bertz CT molecular complexity index is 1050. The lowest BCUT2D eigenvalue weighted by Crippen LogP contribution is -2.58. The van der Waals surface area contributed by atoms with E-state index in [0.717, 1.165) is 5.69 Å². The highest BCUT2D eigenvalue weighted by Gasteiger charge is 2.51. The van der Waals surface area contributed by atoms with Crippen molar-refractivity contribution in [1.29, 1.82) is 0 Å². The zero-order chi connectivity index (χ0) is 21.4. The van der Waals surface area contributed by atoms with E-state index in [0.29, 0.717) is 24.5 Å². The number of rotatable bonds is 3. The van der Waals surface area contributed by atoms with Crippen molar-refractivity contribution in [3.63, 3.8) is 0 Å². The number of carbonyl (C=O) groups excluding carboxylic acids is 2. The van der Waals surface area contributed by atoms with E-state index in [2.05, 4.69) is 10.0 Å². The number of para-hydroxylation sites is 1. The third-order valence-electron chi connectivity index (χ3n) is 5.63. The maximum absolute atomic E-state index is 12.7. The fourth-order valence-electron chi connectivity index (χ4n) is 3.96. The summed E-state index contributed by atoms with van der Waals surface area (Å²) in [4.78, 5) is 28.7. The molecule has 2 aromatic carbocycles. The quantitative estimate of drug-likeness (QED) is 0.749. The van der Waals surface area contributed by atoms with E-state index in [9.17, 15) is 18.0 Å². The van der Waals surface area contributed by atoms with Crippen molar-refractivity contribution in [2.75, 3.05) is 24.7 Å². The number of nitrogens with one attached hydrogen (secondary N) is 2. The van der Waals surface area contributed by atoms with Crippen LogP contribution in [0.1, 0.15) is 12.8 Å². The third kappa shape index (κ3) is 3.70. The van der Waals surface area contributed by atoms with Gasteiger partial charge in [-0.1, -0.05) is 29.8 Å². The monoisotopic (exact) mass is 448 g/mol. The second-order valence-corrected chi connectivity index (χ2v) is 9.43. The second-order valence-electron chi connectivity index (χ2n) is 7.31. The largest absolute Gasteiger partial charge is 0.339 e. The van der Waals surface area contributed by atoms with Crippen LogP contribution in [0.3, 0.4) is 0 Å². The van der Waals surface area contributed by atoms with Crippen LogP contribution in [-0.4, -0.2) is 50.6 Å². The normalized spacial score (nSPS) is 18.4. The molecule has 0 bridgehead atoms. The SMILES string of the molecule is O=C(NS(=O)(=O)c1ccc(Cl)cc1)N1CCC2(CC1)C(=O)NCN2c1ccccc1. The minimum Gasteiger partial charge on any atom is -0.339 e. The fraction of sp³-hybridized carbons (Fsp3) is 0.300. The maximum Gasteiger partial charge on any atom is 0.331 e. The molecule has 2 fully saturated rings. The molecule has 3 amide bonds. The summed E-state index contributed by atoms with van der Waals surface area (Å²) in [7, 11) is -4.01. The molecule has 0 radical (unpaired) electrons. The molecule has 0 aromatic heterocycles. The van der Waals surface area contributed by atoms with Crippen molar-refractivity contribution >= 4 is 39.2 Å². The molecule has 4 rings (SSSR count). The lowest BCUT2D eigenvalue weighted by molar-refractivity contribution is -0.124. The van der Waals surface area contributed by atoms with Gasteiger partial charge in [-0.3, -0.25) is 4.79 Å². The van der Waals surface area contributed by atoms with E-state index in [1.807, 2.05) is 35.2 Å². The van der Waals surface area contributed by atoms with Crippen LogP contribution < -0.4 is 14.9 Å². The highest BCUT2D eigenvalue weighted by molar-refractivity contribution is 7.90. The van der Waals surface area contributed by atoms with Gasteiger partial charge in [0, 0.05) is 23.8 Å². The fourth-order valence-corrected chi connectivity index (χ4v) is 5.06. The van der Waals surface area contributed by atoms with E-state index in [1.54, 1.807) is 0 Å². The van der Waals surface area contributed by atoms with Gasteiger partial charge in [0.05, 0.1) is 11.6 Å². The number of nitrogens with zero attached hydrogens (tertiary/aromatic N) is 2. The van der Waals surface area contributed by atoms with Crippen molar-refractivity contribution in [3.8, 4) is 0 Å². The van der Waals surface area contributed by atoms with Crippen LogP contribution in [0.25, 0.3) is 0 Å². The van der Waals surface area contributed by atoms with Crippen LogP contribution >= 0.6 is 11.6 Å². The average Bonchev–Trinajstić information content (AvgIpc) is 3.05. The number of benzene rings is 2. The Balaban J connectivity index is 1.45. The highest BCUT2D eigenvalue weighted by Crippen LogP contribution is 2.36. The molecular weight excluding hydrogens is 428 g/mol. The first-order valence-corrected chi connectivity index (χ1v) is 11.4. The predicted octanol–water partition coefficient (Wildman–Crippen LogP) is 2.17. The summed E-state index contributed by atoms with van der Waals surface area (Å²) in [6.45, 7) is 0.928. The number of piperidine rings is 1. The topological polar surface area (TPSA) is 98.8 Å². The number of carbonyl (C=O) groups is 2. The van der Waals surface area contributed by atoms with Gasteiger partial charge in [-0.15, -0.1) is 0 Å². The van der Waals surface area contributed by atoms with Gasteiger partial charge in [0.1, 0.15) is 5.54 Å². The van der Waals surface area contributed by atoms with Crippen LogP contribution in [0.2, 0.25) is 5.02 Å². The number of anilines is 1. The summed E-state index contributed by atoms with van der Waals surface area (Å²) in [5.41, 5.74) is 0.187. The van der Waals surface area contributed by atoms with Crippen molar-refractivity contribution in [3.05, 3.63) is 59.6 Å². The molecule has 2 aromatic rings. The first-order chi connectivity index (χ1) is 14.3. The molecule has 0 saturated carbocycles. The standard InChI is InChI=1S/C20H21ClN4O4S/c21-15-6-8-17(9-7-15)30(28,29)23-19(27)24-12-10-20(11-13-24)18(26)22-14-25(20)16-4-2-1-3-5-16/h1-9H,10-14H2,(H,22,26)(H,23,27). The van der Waals surface area contributed by atoms with Crippen LogP contribution in [0, 0.1) is 0 Å². The van der Waals surface area contributed by atoms with Crippen molar-refractivity contribution in [1.82, 2.24) is 14.9 Å². The molecule has 0 atom stereocenters. The molecule has 0 unspecified atom stereocenters. The Labute approximate surface area is 179 Å². The van der Waals surface area contributed by atoms with E-state index < -0.39 is 21.6 Å². The van der Waals surface area contributed by atoms with E-state index in [1.165, 1.54) is 29.2 Å². The van der Waals surface area contributed by atoms with Crippen molar-refractivity contribution in [2.45, 2.75) is 23.3 Å². The molecule has 2 heterocycles. The Morgan fingerprint density at radius 1 is 1.03 bits per heavy atom. The van der Waals surface area contributed by atoms with Crippen molar-refractivity contribution in [2.24, 2.45) is 0 Å². The predicted molar refractivity (Wildman–Crippen MR) is 113 cm³/mol. The molecule has 158 valence electrons. The van der Waals surface area contributed by atoms with E-state index in [-0.39, 0.29) is 23.9 Å². The second kappa shape index (κ2) is 7.81. The third-order valence-corrected chi connectivity index (χ3v) is 7.22. The van der Waals surface area contributed by atoms with Gasteiger partial charge in [0.15, 0.2) is 0 Å². The number of amides is 3. The van der Waals surface area contributed by atoms with E-state index in [4.69, 9.17) is 11.6 Å². The Kier molecular flexibility index (Phi) is 5.33. The van der Waals surface area contributed by atoms with Gasteiger partial charge < -0.3 is 15.1 Å². The molecule has 2 N–H and O–H groups in total. The minimum absolute atomic E-state index is 0.0425. The molecule has 2 saturated heterocycles. The number of urea groups is 1. The first-order valence-electron chi connectivity index (χ1n) is 9.50. The molecule has 0 aliphatic carbocycles. The zero-order valence-electron chi connectivity index (χ0n) is 16.0. The van der Waals surface area contributed by atoms with Crippen LogP contribution in [0.5, 0.6) is 0 Å². The molecule has 8 nitrogen and oxygen atoms in total. The van der Waals surface area contributed by atoms with Crippen molar-refractivity contribution < 1.29 is 18.0 Å². The lowest BCUT2D eigenvalue weighted by Gasteiger charge is -2.43. The van der Waals surface area contributed by atoms with Gasteiger partial charge in [-0.05, 0) is 49.2 Å². The number of hydrogen-bond acceptors (Lipinski definition) is 5. The Morgan fingerprint density at radius 2 is 1.67 bits per heavy atom. The number of halogens is 1. The van der Waals surface area contributed by atoms with Gasteiger partial charge in [0.2, 0.25) is 5.91 Å².